The molecule has 5 nitrogen and oxygen atoms in total. The van der Waals surface area contributed by atoms with Crippen LogP contribution in [0.15, 0.2) is 60.8 Å². The van der Waals surface area contributed by atoms with E-state index in [0.717, 1.165) is 12.1 Å². The van der Waals surface area contributed by atoms with Gasteiger partial charge in [0, 0.05) is 11.8 Å². The first-order valence-electron chi connectivity index (χ1n) is 7.55. The Labute approximate surface area is 147 Å². The molecule has 0 unspecified atom stereocenters. The molecular weight excluding hydrogens is 338 g/mol. The van der Waals surface area contributed by atoms with Crippen LogP contribution < -0.4 is 10.6 Å². The predicted molar refractivity (Wildman–Crippen MR) is 93.0 cm³/mol. The summed E-state index contributed by atoms with van der Waals surface area (Å²) in [7, 11) is 0. The van der Waals surface area contributed by atoms with Gasteiger partial charge in [-0.2, -0.15) is 5.26 Å². The van der Waals surface area contributed by atoms with Crippen LogP contribution in [0.4, 0.5) is 25.8 Å². The molecule has 0 bridgehead atoms. The van der Waals surface area contributed by atoms with Crippen molar-refractivity contribution >= 4 is 23.0 Å². The van der Waals surface area contributed by atoms with Crippen LogP contribution in [-0.2, 0) is 0 Å². The Morgan fingerprint density at radius 1 is 1.00 bits per heavy atom. The van der Waals surface area contributed by atoms with Crippen molar-refractivity contribution in [3.8, 4) is 6.07 Å². The highest BCUT2D eigenvalue weighted by Gasteiger charge is 2.10. The summed E-state index contributed by atoms with van der Waals surface area (Å²) in [5.41, 5.74) is 1.93. The fourth-order valence-electron chi connectivity index (χ4n) is 2.22. The minimum Gasteiger partial charge on any atom is -0.353 e. The average molecular weight is 350 g/mol. The summed E-state index contributed by atoms with van der Waals surface area (Å²) in [6.45, 7) is 0. The standard InChI is InChI=1S/C19H12F2N4O/c20-15-7-5-13(9-16(15)21)25-19(26)18-8-6-14(11-23-18)24-17-4-2-1-3-12(17)10-22/h1-9,11,24H,(H,25,26). The lowest BCUT2D eigenvalue weighted by Crippen LogP contribution is -2.13. The fraction of sp³-hybridized carbons (Fsp3) is 0. The van der Waals surface area contributed by atoms with Crippen LogP contribution >= 0.6 is 0 Å². The van der Waals surface area contributed by atoms with Crippen LogP contribution in [-0.4, -0.2) is 10.9 Å². The fourth-order valence-corrected chi connectivity index (χ4v) is 2.22. The number of nitrogens with one attached hydrogen (secondary N) is 2. The number of hydrogen-bond donors (Lipinski definition) is 2. The van der Waals surface area contributed by atoms with Gasteiger partial charge in [-0.15, -0.1) is 0 Å². The quantitative estimate of drug-likeness (QED) is 0.738. The number of nitrogens with zero attached hydrogens (tertiary/aromatic N) is 2. The van der Waals surface area contributed by atoms with E-state index in [1.807, 2.05) is 0 Å². The smallest absolute Gasteiger partial charge is 0.274 e. The van der Waals surface area contributed by atoms with Gasteiger partial charge >= 0.3 is 0 Å². The summed E-state index contributed by atoms with van der Waals surface area (Å²) in [6.07, 6.45) is 1.44. The minimum atomic E-state index is -1.05. The first-order chi connectivity index (χ1) is 12.6. The van der Waals surface area contributed by atoms with Gasteiger partial charge in [0.25, 0.3) is 5.91 Å². The summed E-state index contributed by atoms with van der Waals surface area (Å²) in [5.74, 6) is -2.60. The molecular formula is C19H12F2N4O. The van der Waals surface area contributed by atoms with E-state index in [-0.39, 0.29) is 11.4 Å². The molecule has 1 heterocycles. The van der Waals surface area contributed by atoms with E-state index in [4.69, 9.17) is 5.26 Å². The molecule has 3 rings (SSSR count). The van der Waals surface area contributed by atoms with Gasteiger partial charge in [-0.1, -0.05) is 12.1 Å². The molecule has 1 aromatic heterocycles. The summed E-state index contributed by atoms with van der Waals surface area (Å²) in [6, 6.07) is 15.2. The number of pyridine rings is 1. The third-order valence-corrected chi connectivity index (χ3v) is 3.50. The van der Waals surface area contributed by atoms with E-state index in [1.165, 1.54) is 18.3 Å². The Kier molecular flexibility index (Phi) is 4.85. The lowest BCUT2D eigenvalue weighted by molar-refractivity contribution is 0.102. The molecule has 0 fully saturated rings. The Bertz CT molecular complexity index is 997. The van der Waals surface area contributed by atoms with Gasteiger partial charge in [0.05, 0.1) is 23.1 Å². The number of aromatic nitrogens is 1. The second-order valence-electron chi connectivity index (χ2n) is 5.30. The van der Waals surface area contributed by atoms with Gasteiger partial charge < -0.3 is 10.6 Å². The van der Waals surface area contributed by atoms with Crippen molar-refractivity contribution in [1.29, 1.82) is 5.26 Å². The van der Waals surface area contributed by atoms with E-state index >= 15 is 0 Å². The summed E-state index contributed by atoms with van der Waals surface area (Å²) in [4.78, 5) is 16.2. The molecule has 128 valence electrons. The maximum Gasteiger partial charge on any atom is 0.274 e. The zero-order valence-electron chi connectivity index (χ0n) is 13.3. The highest BCUT2D eigenvalue weighted by molar-refractivity contribution is 6.02. The number of nitriles is 1. The summed E-state index contributed by atoms with van der Waals surface area (Å²) >= 11 is 0. The van der Waals surface area contributed by atoms with E-state index < -0.39 is 17.5 Å². The predicted octanol–water partition coefficient (Wildman–Crippen LogP) is 4.23. The maximum absolute atomic E-state index is 13.2. The number of amides is 1. The number of carbonyl (C=O) groups is 1. The molecule has 7 heteroatoms. The normalized spacial score (nSPS) is 10.0. The Balaban J connectivity index is 1.71. The lowest BCUT2D eigenvalue weighted by atomic mass is 10.2. The van der Waals surface area contributed by atoms with Crippen molar-refractivity contribution < 1.29 is 13.6 Å². The molecule has 26 heavy (non-hydrogen) atoms. The van der Waals surface area contributed by atoms with Crippen LogP contribution in [0.3, 0.4) is 0 Å². The minimum absolute atomic E-state index is 0.105. The van der Waals surface area contributed by atoms with Gasteiger partial charge in [-0.05, 0) is 36.4 Å². The third-order valence-electron chi connectivity index (χ3n) is 3.50. The molecule has 0 radical (unpaired) electrons. The second kappa shape index (κ2) is 7.40. The first-order valence-corrected chi connectivity index (χ1v) is 7.55. The molecule has 0 aliphatic rings. The van der Waals surface area contributed by atoms with Crippen LogP contribution in [0.5, 0.6) is 0 Å². The van der Waals surface area contributed by atoms with Crippen LogP contribution in [0.25, 0.3) is 0 Å². The molecule has 0 atom stereocenters. The zero-order chi connectivity index (χ0) is 18.5. The Hall–Kier alpha value is -3.79. The van der Waals surface area contributed by atoms with Crippen LogP contribution in [0, 0.1) is 23.0 Å². The molecule has 0 spiro atoms. The Morgan fingerprint density at radius 2 is 1.77 bits per heavy atom. The SMILES string of the molecule is N#Cc1ccccc1Nc1ccc(C(=O)Nc2ccc(F)c(F)c2)nc1. The van der Waals surface area contributed by atoms with Crippen molar-refractivity contribution in [1.82, 2.24) is 4.98 Å². The molecule has 0 saturated heterocycles. The second-order valence-corrected chi connectivity index (χ2v) is 5.30. The van der Waals surface area contributed by atoms with Crippen molar-refractivity contribution in [2.24, 2.45) is 0 Å². The molecule has 0 aliphatic heterocycles. The highest BCUT2D eigenvalue weighted by Crippen LogP contribution is 2.20. The van der Waals surface area contributed by atoms with Gasteiger partial charge in [0.15, 0.2) is 11.6 Å². The van der Waals surface area contributed by atoms with Crippen molar-refractivity contribution in [3.63, 3.8) is 0 Å². The van der Waals surface area contributed by atoms with Crippen molar-refractivity contribution in [2.45, 2.75) is 0 Å². The van der Waals surface area contributed by atoms with Crippen LogP contribution in [0.1, 0.15) is 16.1 Å². The van der Waals surface area contributed by atoms with Gasteiger partial charge in [0.1, 0.15) is 11.8 Å². The molecule has 0 aliphatic carbocycles. The monoisotopic (exact) mass is 350 g/mol. The summed E-state index contributed by atoms with van der Waals surface area (Å²) < 4.78 is 26.1. The number of carbonyl (C=O) groups excluding carboxylic acids is 1. The van der Waals surface area contributed by atoms with E-state index in [0.29, 0.717) is 16.9 Å². The van der Waals surface area contributed by atoms with E-state index in [9.17, 15) is 13.6 Å². The van der Waals surface area contributed by atoms with Gasteiger partial charge in [-0.3, -0.25) is 4.79 Å². The number of para-hydroxylation sites is 1. The molecule has 3 aromatic rings. The molecule has 1 amide bonds. The maximum atomic E-state index is 13.2. The van der Waals surface area contributed by atoms with E-state index in [1.54, 1.807) is 30.3 Å². The lowest BCUT2D eigenvalue weighted by Gasteiger charge is -2.09. The third kappa shape index (κ3) is 3.82. The van der Waals surface area contributed by atoms with E-state index in [2.05, 4.69) is 21.7 Å². The number of hydrogen-bond acceptors (Lipinski definition) is 4. The first kappa shape index (κ1) is 17.0. The number of halogens is 2. The number of benzene rings is 2. The molecule has 2 N–H and O–H groups in total. The number of anilines is 3. The summed E-state index contributed by atoms with van der Waals surface area (Å²) in [5, 5.41) is 14.6. The largest absolute Gasteiger partial charge is 0.353 e. The Morgan fingerprint density at radius 3 is 2.46 bits per heavy atom. The number of rotatable bonds is 4. The van der Waals surface area contributed by atoms with Crippen LogP contribution in [0.2, 0.25) is 0 Å². The van der Waals surface area contributed by atoms with Gasteiger partial charge in [-0.25, -0.2) is 13.8 Å². The zero-order valence-corrected chi connectivity index (χ0v) is 13.3. The van der Waals surface area contributed by atoms with Gasteiger partial charge in [0.2, 0.25) is 0 Å². The van der Waals surface area contributed by atoms with Crippen molar-refractivity contribution in [3.05, 3.63) is 83.7 Å². The highest BCUT2D eigenvalue weighted by atomic mass is 19.2. The molecule has 2 aromatic carbocycles. The van der Waals surface area contributed by atoms with Crippen molar-refractivity contribution in [2.75, 3.05) is 10.6 Å². The molecule has 0 saturated carbocycles. The topological polar surface area (TPSA) is 77.8 Å². The average Bonchev–Trinajstić information content (AvgIpc) is 2.66.